The minimum atomic E-state index is -0.311. The van der Waals surface area contributed by atoms with Crippen molar-refractivity contribution in [2.75, 3.05) is 13.7 Å². The molecule has 140 valence electrons. The fourth-order valence-electron chi connectivity index (χ4n) is 2.39. The lowest BCUT2D eigenvalue weighted by molar-refractivity contribution is 0.103. The number of nitrogens with one attached hydrogen (secondary N) is 1. The van der Waals surface area contributed by atoms with E-state index in [1.165, 1.54) is 23.7 Å². The number of Topliss-reactive ketones (excluding diaryl/α,β-unsaturated/α-hetero) is 1. The van der Waals surface area contributed by atoms with Crippen LogP contribution in [-0.2, 0) is 0 Å². The van der Waals surface area contributed by atoms with Gasteiger partial charge in [-0.1, -0.05) is 0 Å². The van der Waals surface area contributed by atoms with Crippen LogP contribution < -0.4 is 24.2 Å². The molecule has 0 fully saturated rings. The number of furan rings is 1. The van der Waals surface area contributed by atoms with Gasteiger partial charge in [0.1, 0.15) is 0 Å². The molecule has 0 atom stereocenters. The summed E-state index contributed by atoms with van der Waals surface area (Å²) in [5.74, 6) is 1.07. The van der Waals surface area contributed by atoms with E-state index < -0.39 is 0 Å². The van der Waals surface area contributed by atoms with Crippen molar-refractivity contribution in [1.29, 1.82) is 0 Å². The van der Waals surface area contributed by atoms with E-state index in [0.717, 1.165) is 10.0 Å². The average Bonchev–Trinajstić information content (AvgIpc) is 3.28. The van der Waals surface area contributed by atoms with E-state index in [1.54, 1.807) is 31.4 Å². The minimum Gasteiger partial charge on any atom is -0.493 e. The van der Waals surface area contributed by atoms with Gasteiger partial charge in [0.15, 0.2) is 17.3 Å². The first-order valence-electron chi connectivity index (χ1n) is 8.02. The summed E-state index contributed by atoms with van der Waals surface area (Å²) in [6.45, 7) is 2.39. The SMILES string of the molecule is CCOc1c(Br)cc(C=c2sc(=CC(=O)c3ccco3)[nH]c2=O)cc1OC. The highest BCUT2D eigenvalue weighted by atomic mass is 79.9. The molecule has 3 rings (SSSR count). The molecule has 0 aliphatic rings. The van der Waals surface area contributed by atoms with Crippen molar-refractivity contribution < 1.29 is 18.7 Å². The highest BCUT2D eigenvalue weighted by Crippen LogP contribution is 2.36. The van der Waals surface area contributed by atoms with E-state index in [1.807, 2.05) is 13.0 Å². The molecule has 8 heteroatoms. The summed E-state index contributed by atoms with van der Waals surface area (Å²) in [4.78, 5) is 27.0. The molecule has 1 N–H and O–H groups in total. The van der Waals surface area contributed by atoms with Gasteiger partial charge in [0.05, 0.1) is 33.6 Å². The molecular weight excluding hydrogens is 434 g/mol. The summed E-state index contributed by atoms with van der Waals surface area (Å²) in [5, 5.41) is 0. The number of carbonyl (C=O) groups is 1. The van der Waals surface area contributed by atoms with Crippen LogP contribution in [0.3, 0.4) is 0 Å². The van der Waals surface area contributed by atoms with Crippen LogP contribution >= 0.6 is 27.3 Å². The zero-order chi connectivity index (χ0) is 19.4. The first kappa shape index (κ1) is 19.2. The van der Waals surface area contributed by atoms with Gasteiger partial charge in [0.25, 0.3) is 5.56 Å². The molecule has 2 heterocycles. The molecule has 0 unspecified atom stereocenters. The van der Waals surface area contributed by atoms with E-state index in [0.29, 0.717) is 27.3 Å². The number of ketones is 1. The Morgan fingerprint density at radius 2 is 2.22 bits per heavy atom. The number of benzene rings is 1. The van der Waals surface area contributed by atoms with Crippen LogP contribution in [0.15, 0.2) is 44.2 Å². The topological polar surface area (TPSA) is 81.5 Å². The van der Waals surface area contributed by atoms with Crippen LogP contribution in [-0.4, -0.2) is 24.5 Å². The molecular formula is C19H16BrNO5S. The summed E-state index contributed by atoms with van der Waals surface area (Å²) in [6.07, 6.45) is 4.49. The Morgan fingerprint density at radius 3 is 2.89 bits per heavy atom. The fourth-order valence-corrected chi connectivity index (χ4v) is 3.85. The number of hydrogen-bond donors (Lipinski definition) is 1. The molecule has 2 aromatic heterocycles. The van der Waals surface area contributed by atoms with Crippen molar-refractivity contribution in [1.82, 2.24) is 4.98 Å². The number of carbonyl (C=O) groups excluding carboxylic acids is 1. The first-order chi connectivity index (χ1) is 13.0. The normalized spacial score (nSPS) is 12.4. The Morgan fingerprint density at radius 1 is 1.41 bits per heavy atom. The van der Waals surface area contributed by atoms with Crippen LogP contribution in [0.25, 0.3) is 12.2 Å². The van der Waals surface area contributed by atoms with Crippen molar-refractivity contribution in [3.63, 3.8) is 0 Å². The number of methoxy groups -OCH3 is 1. The van der Waals surface area contributed by atoms with Crippen LogP contribution in [0.4, 0.5) is 0 Å². The van der Waals surface area contributed by atoms with Gasteiger partial charge in [-0.2, -0.15) is 0 Å². The molecule has 27 heavy (non-hydrogen) atoms. The molecule has 0 spiro atoms. The lowest BCUT2D eigenvalue weighted by atomic mass is 10.2. The molecule has 0 amide bonds. The van der Waals surface area contributed by atoms with E-state index in [9.17, 15) is 9.59 Å². The molecule has 0 saturated carbocycles. The van der Waals surface area contributed by atoms with E-state index in [-0.39, 0.29) is 17.1 Å². The zero-order valence-corrected chi connectivity index (χ0v) is 17.0. The van der Waals surface area contributed by atoms with E-state index in [2.05, 4.69) is 20.9 Å². The first-order valence-corrected chi connectivity index (χ1v) is 9.63. The standard InChI is InChI=1S/C19H16BrNO5S/c1-3-25-18-12(20)7-11(8-15(18)24-2)9-16-19(23)21-17(27-16)10-13(22)14-5-4-6-26-14/h4-10H,3H2,1-2H3,(H,21,23). The number of halogens is 1. The minimum absolute atomic E-state index is 0.218. The van der Waals surface area contributed by atoms with Crippen LogP contribution in [0.2, 0.25) is 0 Å². The number of aromatic amines is 1. The molecule has 0 bridgehead atoms. The summed E-state index contributed by atoms with van der Waals surface area (Å²) < 4.78 is 17.6. The van der Waals surface area contributed by atoms with Crippen molar-refractivity contribution in [2.45, 2.75) is 6.92 Å². The third-order valence-electron chi connectivity index (χ3n) is 3.54. The monoisotopic (exact) mass is 449 g/mol. The number of ether oxygens (including phenoxy) is 2. The van der Waals surface area contributed by atoms with Crippen molar-refractivity contribution >= 4 is 45.2 Å². The van der Waals surface area contributed by atoms with Crippen LogP contribution in [0.5, 0.6) is 11.5 Å². The van der Waals surface area contributed by atoms with E-state index in [4.69, 9.17) is 13.9 Å². The highest BCUT2D eigenvalue weighted by Gasteiger charge is 2.11. The summed E-state index contributed by atoms with van der Waals surface area (Å²) in [5.41, 5.74) is 0.487. The van der Waals surface area contributed by atoms with Gasteiger partial charge >= 0.3 is 0 Å². The summed E-state index contributed by atoms with van der Waals surface area (Å²) in [7, 11) is 1.55. The number of H-pyrrole nitrogens is 1. The molecule has 0 radical (unpaired) electrons. The average molecular weight is 450 g/mol. The van der Waals surface area contributed by atoms with Gasteiger partial charge in [-0.25, -0.2) is 0 Å². The quantitative estimate of drug-likeness (QED) is 0.585. The molecule has 1 aromatic carbocycles. The van der Waals surface area contributed by atoms with Crippen molar-refractivity contribution in [3.8, 4) is 11.5 Å². The summed E-state index contributed by atoms with van der Waals surface area (Å²) >= 11 is 4.65. The number of thiazole rings is 1. The molecule has 0 aliphatic heterocycles. The third kappa shape index (κ3) is 4.40. The van der Waals surface area contributed by atoms with Crippen molar-refractivity contribution in [3.05, 3.63) is 65.9 Å². The predicted octanol–water partition coefficient (Wildman–Crippen LogP) is 2.69. The second-order valence-corrected chi connectivity index (χ2v) is 7.32. The van der Waals surface area contributed by atoms with Crippen LogP contribution in [0.1, 0.15) is 23.0 Å². The van der Waals surface area contributed by atoms with E-state index >= 15 is 0 Å². The van der Waals surface area contributed by atoms with Gasteiger partial charge in [0, 0.05) is 6.08 Å². The Kier molecular flexibility index (Phi) is 5.98. The highest BCUT2D eigenvalue weighted by molar-refractivity contribution is 9.10. The lowest BCUT2D eigenvalue weighted by Crippen LogP contribution is -2.20. The molecule has 0 saturated heterocycles. The van der Waals surface area contributed by atoms with Crippen LogP contribution in [0, 0.1) is 0 Å². The molecule has 6 nitrogen and oxygen atoms in total. The number of hydrogen-bond acceptors (Lipinski definition) is 6. The largest absolute Gasteiger partial charge is 0.493 e. The maximum Gasteiger partial charge on any atom is 0.266 e. The summed E-state index contributed by atoms with van der Waals surface area (Å²) in [6, 6.07) is 6.83. The Balaban J connectivity index is 2.01. The second-order valence-electron chi connectivity index (χ2n) is 5.38. The fraction of sp³-hybridized carbons (Fsp3) is 0.158. The maximum atomic E-state index is 12.2. The van der Waals surface area contributed by atoms with Crippen molar-refractivity contribution in [2.24, 2.45) is 0 Å². The Bertz CT molecular complexity index is 1130. The van der Waals surface area contributed by atoms with Gasteiger partial charge in [-0.05, 0) is 58.8 Å². The maximum absolute atomic E-state index is 12.2. The van der Waals surface area contributed by atoms with Gasteiger partial charge in [-0.15, -0.1) is 11.3 Å². The molecule has 3 aromatic rings. The smallest absolute Gasteiger partial charge is 0.266 e. The van der Waals surface area contributed by atoms with Gasteiger partial charge in [0.2, 0.25) is 5.78 Å². The Labute approximate surface area is 166 Å². The van der Waals surface area contributed by atoms with Gasteiger partial charge in [-0.3, -0.25) is 9.59 Å². The Hall–Kier alpha value is -2.58. The predicted molar refractivity (Wildman–Crippen MR) is 107 cm³/mol. The third-order valence-corrected chi connectivity index (χ3v) is 5.10. The number of aromatic nitrogens is 1. The number of rotatable bonds is 6. The second kappa shape index (κ2) is 8.41. The van der Waals surface area contributed by atoms with Gasteiger partial charge < -0.3 is 18.9 Å². The zero-order valence-electron chi connectivity index (χ0n) is 14.6. The lowest BCUT2D eigenvalue weighted by Gasteiger charge is -2.12. The molecule has 0 aliphatic carbocycles.